The molecule has 0 fully saturated rings. The Labute approximate surface area is 130 Å². The van der Waals surface area contributed by atoms with E-state index in [-0.39, 0.29) is 5.69 Å². The first-order valence-corrected chi connectivity index (χ1v) is 7.19. The minimum absolute atomic E-state index is 0.0603. The summed E-state index contributed by atoms with van der Waals surface area (Å²) in [5, 5.41) is 21.1. The largest absolute Gasteiger partial charge is 0.391 e. The van der Waals surface area contributed by atoms with Crippen LogP contribution in [-0.4, -0.2) is 16.1 Å². The first kappa shape index (κ1) is 15.6. The number of rotatable bonds is 5. The second-order valence-corrected chi connectivity index (χ2v) is 5.61. The van der Waals surface area contributed by atoms with Crippen LogP contribution in [0.4, 0.5) is 5.69 Å². The molecule has 2 rings (SSSR count). The number of aliphatic hydroxyl groups is 1. The first-order chi connectivity index (χ1) is 9.99. The molecule has 5 nitrogen and oxygen atoms in total. The van der Waals surface area contributed by atoms with Gasteiger partial charge < -0.3 is 10.8 Å². The number of hydrogen-bond donors (Lipinski definition) is 2. The second-order valence-electron chi connectivity index (χ2n) is 4.75. The molecule has 0 saturated heterocycles. The Bertz CT molecular complexity index is 634. The van der Waals surface area contributed by atoms with Gasteiger partial charge in [-0.15, -0.1) is 0 Å². The van der Waals surface area contributed by atoms with Gasteiger partial charge in [-0.3, -0.25) is 10.1 Å². The molecule has 0 spiro atoms. The summed E-state index contributed by atoms with van der Waals surface area (Å²) < 4.78 is 0.390. The van der Waals surface area contributed by atoms with Crippen molar-refractivity contribution in [3.05, 3.63) is 74.2 Å². The van der Waals surface area contributed by atoms with Gasteiger partial charge in [0.1, 0.15) is 0 Å². The minimum Gasteiger partial charge on any atom is -0.391 e. The molecule has 0 aromatic heterocycles. The Hall–Kier alpha value is -1.76. The van der Waals surface area contributed by atoms with Gasteiger partial charge in [0.15, 0.2) is 0 Å². The number of nitro groups is 1. The van der Waals surface area contributed by atoms with Crippen molar-refractivity contribution in [3.63, 3.8) is 0 Å². The number of nitrogens with two attached hydrogens (primary N) is 1. The smallest absolute Gasteiger partial charge is 0.283 e. The van der Waals surface area contributed by atoms with Crippen LogP contribution in [0.2, 0.25) is 0 Å². The predicted octanol–water partition coefficient (Wildman–Crippen LogP) is 2.96. The van der Waals surface area contributed by atoms with Gasteiger partial charge in [-0.2, -0.15) is 0 Å². The van der Waals surface area contributed by atoms with Crippen LogP contribution in [0, 0.1) is 10.1 Å². The summed E-state index contributed by atoms with van der Waals surface area (Å²) in [6, 6.07) is 13.4. The van der Waals surface area contributed by atoms with Gasteiger partial charge in [-0.25, -0.2) is 0 Å². The Morgan fingerprint density at radius 3 is 2.52 bits per heavy atom. The van der Waals surface area contributed by atoms with E-state index in [0.29, 0.717) is 16.5 Å². The van der Waals surface area contributed by atoms with Crippen LogP contribution < -0.4 is 5.73 Å². The number of benzene rings is 2. The predicted molar refractivity (Wildman–Crippen MR) is 83.9 cm³/mol. The molecule has 0 unspecified atom stereocenters. The fourth-order valence-electron chi connectivity index (χ4n) is 2.08. The van der Waals surface area contributed by atoms with E-state index >= 15 is 0 Å². The summed E-state index contributed by atoms with van der Waals surface area (Å²) in [4.78, 5) is 10.4. The number of nitro benzene ring substituents is 1. The fraction of sp³-hybridized carbons (Fsp3) is 0.200. The van der Waals surface area contributed by atoms with E-state index in [1.807, 2.05) is 30.3 Å². The van der Waals surface area contributed by atoms with Crippen LogP contribution in [0.3, 0.4) is 0 Å². The summed E-state index contributed by atoms with van der Waals surface area (Å²) in [6.45, 7) is 0. The topological polar surface area (TPSA) is 89.4 Å². The van der Waals surface area contributed by atoms with Gasteiger partial charge in [0.05, 0.1) is 21.5 Å². The zero-order valence-corrected chi connectivity index (χ0v) is 12.7. The Morgan fingerprint density at radius 1 is 1.24 bits per heavy atom. The first-order valence-electron chi connectivity index (χ1n) is 6.40. The number of aliphatic hydroxyl groups excluding tert-OH is 1. The molecule has 2 aromatic carbocycles. The normalized spacial score (nSPS) is 13.7. The molecule has 0 amide bonds. The summed E-state index contributed by atoms with van der Waals surface area (Å²) in [5.41, 5.74) is 7.46. The zero-order valence-electron chi connectivity index (χ0n) is 11.1. The molecule has 110 valence electrons. The van der Waals surface area contributed by atoms with Crippen molar-refractivity contribution in [1.29, 1.82) is 0 Å². The molecule has 0 aliphatic heterocycles. The van der Waals surface area contributed by atoms with Crippen molar-refractivity contribution in [1.82, 2.24) is 0 Å². The molecule has 21 heavy (non-hydrogen) atoms. The molecule has 0 bridgehead atoms. The molecule has 2 aromatic rings. The number of hydrogen-bond acceptors (Lipinski definition) is 4. The Morgan fingerprint density at radius 2 is 1.90 bits per heavy atom. The maximum absolute atomic E-state index is 10.9. The quantitative estimate of drug-likeness (QED) is 0.640. The van der Waals surface area contributed by atoms with Crippen molar-refractivity contribution in [2.45, 2.75) is 18.6 Å². The second kappa shape index (κ2) is 6.80. The highest BCUT2D eigenvalue weighted by molar-refractivity contribution is 9.10. The van der Waals surface area contributed by atoms with Gasteiger partial charge in [0.25, 0.3) is 5.69 Å². The molecule has 0 saturated carbocycles. The monoisotopic (exact) mass is 350 g/mol. The van der Waals surface area contributed by atoms with E-state index in [4.69, 9.17) is 5.73 Å². The lowest BCUT2D eigenvalue weighted by atomic mass is 9.96. The van der Waals surface area contributed by atoms with Crippen LogP contribution in [-0.2, 0) is 6.42 Å². The number of nitrogens with zero attached hydrogens (tertiary/aromatic N) is 1. The van der Waals surface area contributed by atoms with E-state index < -0.39 is 17.1 Å². The van der Waals surface area contributed by atoms with E-state index in [9.17, 15) is 15.2 Å². The van der Waals surface area contributed by atoms with Crippen molar-refractivity contribution in [2.75, 3.05) is 0 Å². The third kappa shape index (κ3) is 3.87. The molecule has 0 aliphatic carbocycles. The van der Waals surface area contributed by atoms with E-state index in [2.05, 4.69) is 15.9 Å². The Balaban J connectivity index is 2.17. The SMILES string of the molecule is N[C@H](c1ccc(Br)c([N+](=O)[O-])c1)[C@@H](O)Cc1ccccc1. The third-order valence-corrected chi connectivity index (χ3v) is 3.92. The number of halogens is 1. The van der Waals surface area contributed by atoms with Crippen molar-refractivity contribution in [3.8, 4) is 0 Å². The van der Waals surface area contributed by atoms with Gasteiger partial charge in [0.2, 0.25) is 0 Å². The maximum Gasteiger partial charge on any atom is 0.283 e. The average Bonchev–Trinajstić information content (AvgIpc) is 2.47. The van der Waals surface area contributed by atoms with E-state index in [1.165, 1.54) is 6.07 Å². The molecule has 0 radical (unpaired) electrons. The lowest BCUT2D eigenvalue weighted by molar-refractivity contribution is -0.385. The molecule has 0 heterocycles. The highest BCUT2D eigenvalue weighted by atomic mass is 79.9. The van der Waals surface area contributed by atoms with Crippen LogP contribution in [0.5, 0.6) is 0 Å². The fourth-order valence-corrected chi connectivity index (χ4v) is 2.47. The molecular formula is C15H15BrN2O3. The highest BCUT2D eigenvalue weighted by Crippen LogP contribution is 2.29. The average molecular weight is 351 g/mol. The summed E-state index contributed by atoms with van der Waals surface area (Å²) in [5.74, 6) is 0. The molecular weight excluding hydrogens is 336 g/mol. The van der Waals surface area contributed by atoms with E-state index in [0.717, 1.165) is 5.56 Å². The summed E-state index contributed by atoms with van der Waals surface area (Å²) in [6.07, 6.45) is -0.417. The van der Waals surface area contributed by atoms with Crippen molar-refractivity contribution in [2.24, 2.45) is 5.73 Å². The zero-order chi connectivity index (χ0) is 15.4. The highest BCUT2D eigenvalue weighted by Gasteiger charge is 2.21. The van der Waals surface area contributed by atoms with Gasteiger partial charge in [0, 0.05) is 12.5 Å². The third-order valence-electron chi connectivity index (χ3n) is 3.25. The summed E-state index contributed by atoms with van der Waals surface area (Å²) in [7, 11) is 0. The van der Waals surface area contributed by atoms with E-state index in [1.54, 1.807) is 12.1 Å². The van der Waals surface area contributed by atoms with Crippen molar-refractivity contribution >= 4 is 21.6 Å². The molecule has 2 atom stereocenters. The van der Waals surface area contributed by atoms with Crippen LogP contribution in [0.1, 0.15) is 17.2 Å². The van der Waals surface area contributed by atoms with Crippen LogP contribution in [0.15, 0.2) is 53.0 Å². The van der Waals surface area contributed by atoms with Gasteiger partial charge in [-0.05, 0) is 33.1 Å². The minimum atomic E-state index is -0.812. The lowest BCUT2D eigenvalue weighted by Gasteiger charge is -2.19. The molecule has 6 heteroatoms. The van der Waals surface area contributed by atoms with Gasteiger partial charge >= 0.3 is 0 Å². The maximum atomic E-state index is 10.9. The molecule has 3 N–H and O–H groups in total. The standard InChI is InChI=1S/C15H15BrN2O3/c16-12-7-6-11(9-13(12)18(20)21)15(17)14(19)8-10-4-2-1-3-5-10/h1-7,9,14-15,19H,8,17H2/t14-,15+/m0/s1. The van der Waals surface area contributed by atoms with Crippen molar-refractivity contribution < 1.29 is 10.0 Å². The Kier molecular flexibility index (Phi) is 5.06. The van der Waals surface area contributed by atoms with Gasteiger partial charge in [-0.1, -0.05) is 36.4 Å². The van der Waals surface area contributed by atoms with Crippen LogP contribution >= 0.6 is 15.9 Å². The van der Waals surface area contributed by atoms with Crippen LogP contribution in [0.25, 0.3) is 0 Å². The molecule has 0 aliphatic rings. The lowest BCUT2D eigenvalue weighted by Crippen LogP contribution is -2.28. The summed E-state index contributed by atoms with van der Waals surface area (Å²) >= 11 is 3.13.